The third-order valence-corrected chi connectivity index (χ3v) is 7.83. The highest BCUT2D eigenvalue weighted by Crippen LogP contribution is 2.37. The van der Waals surface area contributed by atoms with Crippen molar-refractivity contribution in [1.82, 2.24) is 10.2 Å². The Balaban J connectivity index is 1.40. The van der Waals surface area contributed by atoms with Crippen molar-refractivity contribution >= 4 is 5.91 Å². The number of aryl methyl sites for hydroxylation is 1. The van der Waals surface area contributed by atoms with Gasteiger partial charge >= 0.3 is 0 Å². The van der Waals surface area contributed by atoms with Gasteiger partial charge in [0.05, 0.1) is 17.4 Å². The van der Waals surface area contributed by atoms with Crippen LogP contribution in [0.3, 0.4) is 0 Å². The molecule has 204 valence electrons. The summed E-state index contributed by atoms with van der Waals surface area (Å²) in [5, 5.41) is 12.9. The van der Waals surface area contributed by atoms with Gasteiger partial charge in [0, 0.05) is 25.7 Å². The fourth-order valence-corrected chi connectivity index (χ4v) is 5.47. The SMILES string of the molecule is Cc1ccccc1C1(C#N)CCN(C(C)CCNC(=O)C(c2ccc(F)c(F)c2)c2ccc(F)c(F)c2)CC1. The van der Waals surface area contributed by atoms with Crippen LogP contribution in [-0.4, -0.2) is 36.5 Å². The largest absolute Gasteiger partial charge is 0.355 e. The summed E-state index contributed by atoms with van der Waals surface area (Å²) in [4.78, 5) is 15.5. The van der Waals surface area contributed by atoms with Crippen LogP contribution in [0.25, 0.3) is 0 Å². The summed E-state index contributed by atoms with van der Waals surface area (Å²) >= 11 is 0. The van der Waals surface area contributed by atoms with Crippen LogP contribution >= 0.6 is 0 Å². The molecule has 0 aliphatic carbocycles. The van der Waals surface area contributed by atoms with Crippen molar-refractivity contribution in [2.24, 2.45) is 0 Å². The maximum atomic E-state index is 14.0. The first-order valence-corrected chi connectivity index (χ1v) is 13.0. The van der Waals surface area contributed by atoms with Gasteiger partial charge in [-0.05, 0) is 79.6 Å². The second-order valence-corrected chi connectivity index (χ2v) is 10.3. The van der Waals surface area contributed by atoms with Gasteiger partial charge in [0.15, 0.2) is 23.3 Å². The molecule has 4 rings (SSSR count). The summed E-state index contributed by atoms with van der Waals surface area (Å²) in [5.74, 6) is -6.08. The molecule has 1 aliphatic heterocycles. The number of hydrogen-bond acceptors (Lipinski definition) is 3. The van der Waals surface area contributed by atoms with Crippen molar-refractivity contribution in [2.45, 2.75) is 50.5 Å². The van der Waals surface area contributed by atoms with Crippen LogP contribution in [0.1, 0.15) is 54.4 Å². The Morgan fingerprint density at radius 1 is 0.949 bits per heavy atom. The van der Waals surface area contributed by atoms with Gasteiger partial charge in [-0.2, -0.15) is 5.26 Å². The molecule has 0 aromatic heterocycles. The van der Waals surface area contributed by atoms with Crippen molar-refractivity contribution in [2.75, 3.05) is 19.6 Å². The van der Waals surface area contributed by atoms with E-state index in [0.29, 0.717) is 25.8 Å². The zero-order valence-corrected chi connectivity index (χ0v) is 22.0. The zero-order valence-electron chi connectivity index (χ0n) is 22.0. The first-order chi connectivity index (χ1) is 18.6. The second kappa shape index (κ2) is 12.0. The number of hydrogen-bond donors (Lipinski definition) is 1. The summed E-state index contributed by atoms with van der Waals surface area (Å²) in [6, 6.07) is 16.8. The molecule has 3 aromatic carbocycles. The van der Waals surface area contributed by atoms with Gasteiger partial charge < -0.3 is 10.2 Å². The van der Waals surface area contributed by atoms with Crippen LogP contribution in [-0.2, 0) is 10.2 Å². The summed E-state index contributed by atoms with van der Waals surface area (Å²) in [6.07, 6.45) is 2.02. The van der Waals surface area contributed by atoms with E-state index in [1.165, 1.54) is 12.1 Å². The third-order valence-electron chi connectivity index (χ3n) is 7.83. The van der Waals surface area contributed by atoms with Gasteiger partial charge in [-0.3, -0.25) is 4.79 Å². The smallest absolute Gasteiger partial charge is 0.232 e. The van der Waals surface area contributed by atoms with Crippen LogP contribution in [0.5, 0.6) is 0 Å². The number of nitrogens with one attached hydrogen (secondary N) is 1. The Labute approximate surface area is 226 Å². The van der Waals surface area contributed by atoms with E-state index in [4.69, 9.17) is 0 Å². The Bertz CT molecular complexity index is 1330. The molecule has 1 aliphatic rings. The number of benzene rings is 3. The van der Waals surface area contributed by atoms with E-state index in [-0.39, 0.29) is 17.2 Å². The van der Waals surface area contributed by atoms with E-state index in [0.717, 1.165) is 48.5 Å². The van der Waals surface area contributed by atoms with Gasteiger partial charge in [-0.15, -0.1) is 0 Å². The highest BCUT2D eigenvalue weighted by atomic mass is 19.2. The number of likely N-dealkylation sites (tertiary alicyclic amines) is 1. The van der Waals surface area contributed by atoms with Crippen LogP contribution in [0.4, 0.5) is 17.6 Å². The summed E-state index contributed by atoms with van der Waals surface area (Å²) < 4.78 is 55.0. The topological polar surface area (TPSA) is 56.1 Å². The Morgan fingerprint density at radius 2 is 1.51 bits per heavy atom. The van der Waals surface area contributed by atoms with E-state index in [1.54, 1.807) is 0 Å². The highest BCUT2D eigenvalue weighted by Gasteiger charge is 2.38. The minimum atomic E-state index is -1.15. The molecule has 1 amide bonds. The standard InChI is InChI=1S/C31H31F4N3O/c1-20-5-3-4-6-24(20)31(19-36)12-15-38(16-13-31)21(2)11-14-37-30(39)29(22-7-9-25(32)27(34)17-22)23-8-10-26(33)28(35)18-23/h3-10,17-18,21,29H,11-16H2,1-2H3,(H,37,39). The number of halogens is 4. The van der Waals surface area contributed by atoms with Crippen LogP contribution < -0.4 is 5.32 Å². The first-order valence-electron chi connectivity index (χ1n) is 13.0. The minimum Gasteiger partial charge on any atom is -0.355 e. The molecule has 0 saturated carbocycles. The summed E-state index contributed by atoms with van der Waals surface area (Å²) in [5.41, 5.74) is 1.93. The number of rotatable bonds is 8. The van der Waals surface area contributed by atoms with Gasteiger partial charge in [0.2, 0.25) is 5.91 Å². The molecule has 1 fully saturated rings. The number of piperidine rings is 1. The third kappa shape index (κ3) is 6.15. The molecule has 1 heterocycles. The number of nitrogens with zero attached hydrogens (tertiary/aromatic N) is 2. The average Bonchev–Trinajstić information content (AvgIpc) is 2.93. The minimum absolute atomic E-state index is 0.115. The molecule has 4 nitrogen and oxygen atoms in total. The molecule has 1 unspecified atom stereocenters. The quantitative estimate of drug-likeness (QED) is 0.352. The monoisotopic (exact) mass is 537 g/mol. The van der Waals surface area contributed by atoms with Crippen molar-refractivity contribution in [3.05, 3.63) is 106 Å². The predicted molar refractivity (Wildman–Crippen MR) is 141 cm³/mol. The van der Waals surface area contributed by atoms with Gasteiger partial charge in [-0.1, -0.05) is 36.4 Å². The Kier molecular flexibility index (Phi) is 8.71. The van der Waals surface area contributed by atoms with Crippen LogP contribution in [0.15, 0.2) is 60.7 Å². The van der Waals surface area contributed by atoms with Crippen molar-refractivity contribution in [3.8, 4) is 6.07 Å². The highest BCUT2D eigenvalue weighted by molar-refractivity contribution is 5.87. The van der Waals surface area contributed by atoms with Crippen molar-refractivity contribution in [3.63, 3.8) is 0 Å². The molecule has 0 radical (unpaired) electrons. The van der Waals surface area contributed by atoms with Crippen LogP contribution in [0, 0.1) is 41.5 Å². The van der Waals surface area contributed by atoms with Crippen molar-refractivity contribution in [1.29, 1.82) is 5.26 Å². The molecule has 0 bridgehead atoms. The number of nitriles is 1. The van der Waals surface area contributed by atoms with Crippen LogP contribution in [0.2, 0.25) is 0 Å². The Morgan fingerprint density at radius 3 is 2.03 bits per heavy atom. The van der Waals surface area contributed by atoms with Gasteiger partial charge in [0.1, 0.15) is 0 Å². The predicted octanol–water partition coefficient (Wildman–Crippen LogP) is 6.14. The van der Waals surface area contributed by atoms with Gasteiger partial charge in [0.25, 0.3) is 0 Å². The lowest BCUT2D eigenvalue weighted by Crippen LogP contribution is -2.46. The zero-order chi connectivity index (χ0) is 28.2. The number of carbonyl (C=O) groups is 1. The van der Waals surface area contributed by atoms with E-state index < -0.39 is 40.5 Å². The average molecular weight is 538 g/mol. The lowest BCUT2D eigenvalue weighted by molar-refractivity contribution is -0.121. The molecule has 1 atom stereocenters. The molecule has 0 spiro atoms. The first kappa shape index (κ1) is 28.3. The molecule has 1 N–H and O–H groups in total. The lowest BCUT2D eigenvalue weighted by atomic mass is 9.72. The molecular formula is C31H31F4N3O. The second-order valence-electron chi connectivity index (χ2n) is 10.3. The fourth-order valence-electron chi connectivity index (χ4n) is 5.47. The van der Waals surface area contributed by atoms with E-state index >= 15 is 0 Å². The molecule has 8 heteroatoms. The maximum Gasteiger partial charge on any atom is 0.232 e. The summed E-state index contributed by atoms with van der Waals surface area (Å²) in [7, 11) is 0. The number of amides is 1. The molecule has 1 saturated heterocycles. The Hall–Kier alpha value is -3.70. The lowest BCUT2D eigenvalue weighted by Gasteiger charge is -2.41. The number of carbonyl (C=O) groups excluding carboxylic acids is 1. The van der Waals surface area contributed by atoms with E-state index in [9.17, 15) is 27.6 Å². The normalized spacial score (nSPS) is 16.1. The molecule has 3 aromatic rings. The van der Waals surface area contributed by atoms with Gasteiger partial charge in [-0.25, -0.2) is 17.6 Å². The van der Waals surface area contributed by atoms with E-state index in [2.05, 4.69) is 23.2 Å². The van der Waals surface area contributed by atoms with E-state index in [1.807, 2.05) is 31.2 Å². The maximum absolute atomic E-state index is 14.0. The fraction of sp³-hybridized carbons (Fsp3) is 0.355. The molecule has 39 heavy (non-hydrogen) atoms. The molecular weight excluding hydrogens is 506 g/mol. The summed E-state index contributed by atoms with van der Waals surface area (Å²) in [6.45, 7) is 5.86. The van der Waals surface area contributed by atoms with Crippen molar-refractivity contribution < 1.29 is 22.4 Å².